The fourth-order valence-electron chi connectivity index (χ4n) is 2.87. The van der Waals surface area contributed by atoms with Crippen LogP contribution in [0, 0.1) is 0 Å². The second-order valence-electron chi connectivity index (χ2n) is 6.17. The van der Waals surface area contributed by atoms with Crippen molar-refractivity contribution in [1.29, 1.82) is 0 Å². The third kappa shape index (κ3) is 3.57. The van der Waals surface area contributed by atoms with E-state index in [4.69, 9.17) is 0 Å². The molecule has 1 aromatic carbocycles. The molecule has 1 aliphatic heterocycles. The summed E-state index contributed by atoms with van der Waals surface area (Å²) in [5.41, 5.74) is -0.887. The van der Waals surface area contributed by atoms with E-state index in [-0.39, 0.29) is 12.3 Å². The molecular weight excluding hydrogens is 362 g/mol. The molecule has 27 heavy (non-hydrogen) atoms. The normalized spacial score (nSPS) is 19.7. The number of urea groups is 1. The van der Waals surface area contributed by atoms with Crippen LogP contribution in [0.3, 0.4) is 0 Å². The number of aromatic nitrogens is 4. The zero-order valence-electron chi connectivity index (χ0n) is 14.7. The van der Waals surface area contributed by atoms with Gasteiger partial charge in [-0.25, -0.2) is 9.48 Å². The first kappa shape index (κ1) is 18.7. The highest BCUT2D eigenvalue weighted by atomic mass is 19.3. The highest BCUT2D eigenvalue weighted by Crippen LogP contribution is 2.31. The van der Waals surface area contributed by atoms with E-state index < -0.39 is 24.1 Å². The maximum Gasteiger partial charge on any atom is 0.387 e. The van der Waals surface area contributed by atoms with Crippen LogP contribution in [0.25, 0.3) is 0 Å². The fraction of sp³-hybridized carbons (Fsp3) is 0.438. The summed E-state index contributed by atoms with van der Waals surface area (Å²) in [6.07, 6.45) is 0.795. The Bertz CT molecular complexity index is 841. The molecule has 2 aromatic rings. The summed E-state index contributed by atoms with van der Waals surface area (Å²) in [4.78, 5) is 26.3. The lowest BCUT2D eigenvalue weighted by atomic mass is 9.92. The van der Waals surface area contributed by atoms with Crippen molar-refractivity contribution >= 4 is 11.9 Å². The van der Waals surface area contributed by atoms with Crippen LogP contribution in [0.1, 0.15) is 31.7 Å². The number of nitrogens with zero attached hydrogens (tertiary/aromatic N) is 5. The predicted molar refractivity (Wildman–Crippen MR) is 87.6 cm³/mol. The number of carbonyl (C=O) groups is 2. The molecule has 1 N–H and O–H groups in total. The molecule has 1 saturated heterocycles. The number of imide groups is 1. The Kier molecular flexibility index (Phi) is 5.02. The number of amides is 3. The topological polar surface area (TPSA) is 102 Å². The lowest BCUT2D eigenvalue weighted by Crippen LogP contribution is -2.40. The van der Waals surface area contributed by atoms with Crippen molar-refractivity contribution in [3.63, 3.8) is 0 Å². The van der Waals surface area contributed by atoms with Crippen LogP contribution < -0.4 is 10.1 Å². The van der Waals surface area contributed by atoms with Crippen molar-refractivity contribution in [2.24, 2.45) is 0 Å². The standard InChI is InChI=1S/C16H18F2N6O3/c1-3-8-24-12(20-21-22-24)9-23-13(25)16(2,19-15(23)26)10-4-6-11(7-5-10)27-14(17)18/h4-7,14H,3,8-9H2,1-2H3,(H,19,26)/t16-/m0/s1. The number of carbonyl (C=O) groups excluding carboxylic acids is 2. The summed E-state index contributed by atoms with van der Waals surface area (Å²) >= 11 is 0. The Balaban J connectivity index is 1.80. The smallest absolute Gasteiger partial charge is 0.387 e. The summed E-state index contributed by atoms with van der Waals surface area (Å²) in [6.45, 7) is 1.06. The van der Waals surface area contributed by atoms with Gasteiger partial charge in [-0.05, 0) is 41.5 Å². The van der Waals surface area contributed by atoms with Gasteiger partial charge in [0.25, 0.3) is 5.91 Å². The third-order valence-corrected chi connectivity index (χ3v) is 4.27. The quantitative estimate of drug-likeness (QED) is 0.733. The first-order valence-corrected chi connectivity index (χ1v) is 8.29. The molecule has 11 heteroatoms. The molecule has 0 spiro atoms. The number of ether oxygens (including phenoxy) is 1. The van der Waals surface area contributed by atoms with E-state index in [1.165, 1.54) is 28.9 Å². The summed E-state index contributed by atoms with van der Waals surface area (Å²) in [6, 6.07) is 4.97. The van der Waals surface area contributed by atoms with Crippen molar-refractivity contribution < 1.29 is 23.1 Å². The Labute approximate surface area is 153 Å². The second-order valence-corrected chi connectivity index (χ2v) is 6.17. The Morgan fingerprint density at radius 1 is 1.26 bits per heavy atom. The van der Waals surface area contributed by atoms with Crippen molar-refractivity contribution in [2.45, 2.75) is 45.5 Å². The van der Waals surface area contributed by atoms with Gasteiger partial charge in [-0.15, -0.1) is 5.10 Å². The monoisotopic (exact) mass is 380 g/mol. The third-order valence-electron chi connectivity index (χ3n) is 4.27. The lowest BCUT2D eigenvalue weighted by Gasteiger charge is -2.22. The van der Waals surface area contributed by atoms with Gasteiger partial charge in [-0.1, -0.05) is 19.1 Å². The zero-order valence-corrected chi connectivity index (χ0v) is 14.7. The molecule has 1 atom stereocenters. The molecule has 1 fully saturated rings. The van der Waals surface area contributed by atoms with E-state index in [1.54, 1.807) is 6.92 Å². The molecule has 1 aromatic heterocycles. The minimum Gasteiger partial charge on any atom is -0.435 e. The Morgan fingerprint density at radius 3 is 2.59 bits per heavy atom. The van der Waals surface area contributed by atoms with Crippen LogP contribution in [0.5, 0.6) is 5.75 Å². The molecule has 0 bridgehead atoms. The minimum absolute atomic E-state index is 0.0373. The summed E-state index contributed by atoms with van der Waals surface area (Å²) in [7, 11) is 0. The molecular formula is C16H18F2N6O3. The van der Waals surface area contributed by atoms with Gasteiger partial charge in [-0.3, -0.25) is 9.69 Å². The van der Waals surface area contributed by atoms with Gasteiger partial charge in [0.1, 0.15) is 11.3 Å². The molecule has 9 nitrogen and oxygen atoms in total. The average molecular weight is 380 g/mol. The number of tetrazole rings is 1. The molecule has 144 valence electrons. The molecule has 1 aliphatic rings. The van der Waals surface area contributed by atoms with E-state index >= 15 is 0 Å². The van der Waals surface area contributed by atoms with Gasteiger partial charge < -0.3 is 10.1 Å². The molecule has 0 radical (unpaired) electrons. The lowest BCUT2D eigenvalue weighted by molar-refractivity contribution is -0.131. The van der Waals surface area contributed by atoms with Crippen LogP contribution in [0.15, 0.2) is 24.3 Å². The largest absolute Gasteiger partial charge is 0.435 e. The van der Waals surface area contributed by atoms with E-state index in [2.05, 4.69) is 25.6 Å². The van der Waals surface area contributed by atoms with Gasteiger partial charge in [0.05, 0.1) is 6.54 Å². The van der Waals surface area contributed by atoms with E-state index in [1.807, 2.05) is 6.92 Å². The first-order valence-electron chi connectivity index (χ1n) is 8.29. The van der Waals surface area contributed by atoms with Crippen molar-refractivity contribution in [3.05, 3.63) is 35.7 Å². The second kappa shape index (κ2) is 7.25. The van der Waals surface area contributed by atoms with Gasteiger partial charge >= 0.3 is 12.6 Å². The predicted octanol–water partition coefficient (Wildman–Crippen LogP) is 1.65. The van der Waals surface area contributed by atoms with Crippen molar-refractivity contribution in [1.82, 2.24) is 30.4 Å². The zero-order chi connectivity index (χ0) is 19.6. The van der Waals surface area contributed by atoms with E-state index in [0.29, 0.717) is 17.9 Å². The van der Waals surface area contributed by atoms with E-state index in [0.717, 1.165) is 11.3 Å². The number of hydrogen-bond donors (Lipinski definition) is 1. The highest BCUT2D eigenvalue weighted by Gasteiger charge is 2.49. The maximum absolute atomic E-state index is 12.9. The summed E-state index contributed by atoms with van der Waals surface area (Å²) < 4.78 is 30.4. The van der Waals surface area contributed by atoms with Gasteiger partial charge in [0, 0.05) is 6.54 Å². The SMILES string of the molecule is CCCn1nnnc1CN1C(=O)N[C@@](C)(c2ccc(OC(F)F)cc2)C1=O. The van der Waals surface area contributed by atoms with Crippen LogP contribution in [-0.4, -0.2) is 43.7 Å². The van der Waals surface area contributed by atoms with Crippen molar-refractivity contribution in [2.75, 3.05) is 0 Å². The molecule has 0 unspecified atom stereocenters. The number of aryl methyl sites for hydroxylation is 1. The Morgan fingerprint density at radius 2 is 1.96 bits per heavy atom. The maximum atomic E-state index is 12.9. The number of benzene rings is 1. The first-order chi connectivity index (χ1) is 12.8. The van der Waals surface area contributed by atoms with Gasteiger partial charge in [0.15, 0.2) is 5.82 Å². The minimum atomic E-state index is -2.94. The van der Waals surface area contributed by atoms with E-state index in [9.17, 15) is 18.4 Å². The molecule has 0 aliphatic carbocycles. The number of hydrogen-bond acceptors (Lipinski definition) is 6. The van der Waals surface area contributed by atoms with Crippen LogP contribution in [0.4, 0.5) is 13.6 Å². The van der Waals surface area contributed by atoms with Gasteiger partial charge in [0.2, 0.25) is 0 Å². The summed E-state index contributed by atoms with van der Waals surface area (Å²) in [5.74, 6) is -0.129. The van der Waals surface area contributed by atoms with Gasteiger partial charge in [-0.2, -0.15) is 8.78 Å². The van der Waals surface area contributed by atoms with Crippen molar-refractivity contribution in [3.8, 4) is 5.75 Å². The molecule has 3 rings (SSSR count). The number of halogens is 2. The van der Waals surface area contributed by atoms with Crippen LogP contribution in [0.2, 0.25) is 0 Å². The van der Waals surface area contributed by atoms with Crippen LogP contribution in [-0.2, 0) is 23.4 Å². The average Bonchev–Trinajstić information content (AvgIpc) is 3.14. The number of nitrogens with one attached hydrogen (secondary N) is 1. The molecule has 0 saturated carbocycles. The van der Waals surface area contributed by atoms with Crippen LogP contribution >= 0.6 is 0 Å². The number of rotatable bonds is 7. The Hall–Kier alpha value is -3.11. The highest BCUT2D eigenvalue weighted by molar-refractivity contribution is 6.07. The molecule has 3 amide bonds. The number of alkyl halides is 2. The fourth-order valence-corrected chi connectivity index (χ4v) is 2.87. The molecule has 2 heterocycles. The summed E-state index contributed by atoms with van der Waals surface area (Å²) in [5, 5.41) is 13.9.